The molecule has 0 spiro atoms. The predicted molar refractivity (Wildman–Crippen MR) is 51.6 cm³/mol. The van der Waals surface area contributed by atoms with Crippen molar-refractivity contribution >= 4 is 6.21 Å². The van der Waals surface area contributed by atoms with Gasteiger partial charge in [0.1, 0.15) is 0 Å². The van der Waals surface area contributed by atoms with Crippen molar-refractivity contribution in [2.45, 2.75) is 26.3 Å². The summed E-state index contributed by atoms with van der Waals surface area (Å²) in [5.41, 5.74) is 0.929. The van der Waals surface area contributed by atoms with E-state index in [4.69, 9.17) is 0 Å². The van der Waals surface area contributed by atoms with Crippen molar-refractivity contribution in [1.29, 1.82) is 0 Å². The molecule has 0 saturated carbocycles. The van der Waals surface area contributed by atoms with Gasteiger partial charge < -0.3 is 0 Å². The van der Waals surface area contributed by atoms with E-state index >= 15 is 0 Å². The minimum Gasteiger partial charge on any atom is -0.288 e. The van der Waals surface area contributed by atoms with Crippen molar-refractivity contribution < 1.29 is 0 Å². The molecule has 64 valence electrons. The van der Waals surface area contributed by atoms with E-state index in [1.807, 2.05) is 24.4 Å². The first-order valence-corrected chi connectivity index (χ1v) is 4.27. The second-order valence-electron chi connectivity index (χ2n) is 2.79. The predicted octanol–water partition coefficient (Wildman–Crippen LogP) is 2.30. The van der Waals surface area contributed by atoms with Gasteiger partial charge in [-0.1, -0.05) is 13.0 Å². The molecule has 0 aliphatic carbocycles. The third-order valence-corrected chi connectivity index (χ3v) is 1.74. The average molecular weight is 162 g/mol. The van der Waals surface area contributed by atoms with E-state index in [1.165, 1.54) is 0 Å². The Labute approximate surface area is 73.4 Å². The highest BCUT2D eigenvalue weighted by Gasteiger charge is 1.91. The Morgan fingerprint density at radius 2 is 2.42 bits per heavy atom. The zero-order valence-electron chi connectivity index (χ0n) is 7.57. The SMILES string of the molecule is CCC(C)/N=C/c1ccccn1. The van der Waals surface area contributed by atoms with Crippen LogP contribution in [0.2, 0.25) is 0 Å². The molecule has 1 aromatic rings. The Balaban J connectivity index is 2.58. The molecule has 0 bridgehead atoms. The summed E-state index contributed by atoms with van der Waals surface area (Å²) in [6, 6.07) is 6.21. The molecule has 0 N–H and O–H groups in total. The lowest BCUT2D eigenvalue weighted by molar-refractivity contribution is 0.720. The highest BCUT2D eigenvalue weighted by molar-refractivity contribution is 5.76. The molecule has 0 amide bonds. The van der Waals surface area contributed by atoms with Gasteiger partial charge in [0.2, 0.25) is 0 Å². The van der Waals surface area contributed by atoms with Crippen LogP contribution < -0.4 is 0 Å². The van der Waals surface area contributed by atoms with Crippen molar-refractivity contribution in [3.8, 4) is 0 Å². The fraction of sp³-hybridized carbons (Fsp3) is 0.400. The molecule has 12 heavy (non-hydrogen) atoms. The summed E-state index contributed by atoms with van der Waals surface area (Å²) < 4.78 is 0. The van der Waals surface area contributed by atoms with Gasteiger partial charge in [-0.25, -0.2) is 0 Å². The lowest BCUT2D eigenvalue weighted by Gasteiger charge is -1.98. The van der Waals surface area contributed by atoms with E-state index in [-0.39, 0.29) is 0 Å². The van der Waals surface area contributed by atoms with Gasteiger partial charge in [0.05, 0.1) is 5.69 Å². The summed E-state index contributed by atoms with van der Waals surface area (Å²) in [6.07, 6.45) is 4.68. The normalized spacial score (nSPS) is 13.5. The Morgan fingerprint density at radius 1 is 1.58 bits per heavy atom. The lowest BCUT2D eigenvalue weighted by Crippen LogP contribution is -1.96. The minimum atomic E-state index is 0.395. The van der Waals surface area contributed by atoms with Gasteiger partial charge in [0, 0.05) is 18.5 Å². The summed E-state index contributed by atoms with van der Waals surface area (Å²) in [6.45, 7) is 4.22. The first kappa shape index (κ1) is 8.91. The fourth-order valence-corrected chi connectivity index (χ4v) is 0.761. The van der Waals surface area contributed by atoms with E-state index in [9.17, 15) is 0 Å². The maximum absolute atomic E-state index is 4.33. The molecule has 1 rings (SSSR count). The van der Waals surface area contributed by atoms with Crippen molar-refractivity contribution in [2.75, 3.05) is 0 Å². The number of pyridine rings is 1. The molecule has 1 unspecified atom stereocenters. The Bertz CT molecular complexity index is 241. The standard InChI is InChI=1S/C10H14N2/c1-3-9(2)12-8-10-6-4-5-7-11-10/h4-9H,3H2,1-2H3/b12-8+. The summed E-state index contributed by atoms with van der Waals surface area (Å²) in [7, 11) is 0. The summed E-state index contributed by atoms with van der Waals surface area (Å²) in [5.74, 6) is 0. The molecule has 0 fully saturated rings. The van der Waals surface area contributed by atoms with E-state index in [0.717, 1.165) is 12.1 Å². The molecule has 2 nitrogen and oxygen atoms in total. The molecule has 0 aliphatic heterocycles. The summed E-state index contributed by atoms with van der Waals surface area (Å²) >= 11 is 0. The van der Waals surface area contributed by atoms with E-state index in [0.29, 0.717) is 6.04 Å². The van der Waals surface area contributed by atoms with Crippen molar-refractivity contribution in [1.82, 2.24) is 4.98 Å². The molecule has 0 aromatic carbocycles. The number of hydrogen-bond donors (Lipinski definition) is 0. The number of nitrogens with zero attached hydrogens (tertiary/aromatic N) is 2. The number of hydrogen-bond acceptors (Lipinski definition) is 2. The molecule has 0 aliphatic rings. The lowest BCUT2D eigenvalue weighted by atomic mass is 10.3. The highest BCUT2D eigenvalue weighted by Crippen LogP contribution is 1.95. The van der Waals surface area contributed by atoms with Crippen LogP contribution in [0.5, 0.6) is 0 Å². The van der Waals surface area contributed by atoms with Gasteiger partial charge in [-0.15, -0.1) is 0 Å². The van der Waals surface area contributed by atoms with Crippen LogP contribution in [0.4, 0.5) is 0 Å². The fourth-order valence-electron chi connectivity index (χ4n) is 0.761. The Morgan fingerprint density at radius 3 is 3.00 bits per heavy atom. The smallest absolute Gasteiger partial charge is 0.0807 e. The summed E-state index contributed by atoms with van der Waals surface area (Å²) in [4.78, 5) is 8.46. The molecule has 2 heteroatoms. The van der Waals surface area contributed by atoms with Gasteiger partial charge in [0.25, 0.3) is 0 Å². The van der Waals surface area contributed by atoms with Crippen molar-refractivity contribution in [2.24, 2.45) is 4.99 Å². The number of aliphatic imine (C=N–C) groups is 1. The van der Waals surface area contributed by atoms with Crippen LogP contribution in [0.15, 0.2) is 29.4 Å². The first-order chi connectivity index (χ1) is 5.83. The Kier molecular flexibility index (Phi) is 3.45. The molecule has 0 radical (unpaired) electrons. The van der Waals surface area contributed by atoms with Crippen LogP contribution in [0.1, 0.15) is 26.0 Å². The molecule has 1 heterocycles. The van der Waals surface area contributed by atoms with Gasteiger partial charge in [-0.05, 0) is 25.5 Å². The molecular weight excluding hydrogens is 148 g/mol. The first-order valence-electron chi connectivity index (χ1n) is 4.27. The zero-order valence-corrected chi connectivity index (χ0v) is 7.57. The van der Waals surface area contributed by atoms with Gasteiger partial charge >= 0.3 is 0 Å². The average Bonchev–Trinajstić information content (AvgIpc) is 2.16. The van der Waals surface area contributed by atoms with Crippen molar-refractivity contribution in [3.05, 3.63) is 30.1 Å². The quantitative estimate of drug-likeness (QED) is 0.626. The molecule has 1 aromatic heterocycles. The van der Waals surface area contributed by atoms with Crippen LogP contribution in [0, 0.1) is 0 Å². The van der Waals surface area contributed by atoms with Crippen LogP contribution in [0.3, 0.4) is 0 Å². The molecular formula is C10H14N2. The van der Waals surface area contributed by atoms with Crippen molar-refractivity contribution in [3.63, 3.8) is 0 Å². The highest BCUT2D eigenvalue weighted by atomic mass is 14.8. The van der Waals surface area contributed by atoms with Gasteiger partial charge in [-0.3, -0.25) is 9.98 Å². The summed E-state index contributed by atoms with van der Waals surface area (Å²) in [5, 5.41) is 0. The second-order valence-corrected chi connectivity index (χ2v) is 2.79. The third kappa shape index (κ3) is 2.82. The molecule has 0 saturated heterocycles. The Hall–Kier alpha value is -1.18. The monoisotopic (exact) mass is 162 g/mol. The van der Waals surface area contributed by atoms with E-state index in [1.54, 1.807) is 6.20 Å². The van der Waals surface area contributed by atoms with E-state index in [2.05, 4.69) is 23.8 Å². The number of aromatic nitrogens is 1. The minimum absolute atomic E-state index is 0.395. The third-order valence-electron chi connectivity index (χ3n) is 1.74. The van der Waals surface area contributed by atoms with Gasteiger partial charge in [-0.2, -0.15) is 0 Å². The van der Waals surface area contributed by atoms with Crippen LogP contribution >= 0.6 is 0 Å². The largest absolute Gasteiger partial charge is 0.288 e. The van der Waals surface area contributed by atoms with Crippen LogP contribution in [-0.2, 0) is 0 Å². The van der Waals surface area contributed by atoms with E-state index < -0.39 is 0 Å². The maximum Gasteiger partial charge on any atom is 0.0807 e. The van der Waals surface area contributed by atoms with Crippen LogP contribution in [-0.4, -0.2) is 17.2 Å². The van der Waals surface area contributed by atoms with Crippen LogP contribution in [0.25, 0.3) is 0 Å². The second kappa shape index (κ2) is 4.65. The maximum atomic E-state index is 4.33. The van der Waals surface area contributed by atoms with Gasteiger partial charge in [0.15, 0.2) is 0 Å². The number of rotatable bonds is 3. The topological polar surface area (TPSA) is 25.2 Å². The zero-order chi connectivity index (χ0) is 8.81. The molecule has 1 atom stereocenters.